The second-order valence-electron chi connectivity index (χ2n) is 8.46. The second kappa shape index (κ2) is 7.96. The first-order valence-electron chi connectivity index (χ1n) is 10.5. The van der Waals surface area contributed by atoms with Crippen LogP contribution in [0.3, 0.4) is 0 Å². The molecule has 2 fully saturated rings. The van der Waals surface area contributed by atoms with Crippen molar-refractivity contribution in [2.24, 2.45) is 11.8 Å². The fraction of sp³-hybridized carbons (Fsp3) is 0.455. The monoisotopic (exact) mass is 426 g/mol. The summed E-state index contributed by atoms with van der Waals surface area (Å²) < 4.78 is 35.0. The lowest BCUT2D eigenvalue weighted by Gasteiger charge is -2.36. The number of aromatic nitrogens is 5. The van der Waals surface area contributed by atoms with E-state index in [0.717, 1.165) is 43.5 Å². The van der Waals surface area contributed by atoms with Crippen LogP contribution in [0, 0.1) is 30.4 Å². The number of benzene rings is 1. The highest BCUT2D eigenvalue weighted by Gasteiger charge is 2.44. The van der Waals surface area contributed by atoms with E-state index >= 15 is 0 Å². The average Bonchev–Trinajstić information content (AvgIpc) is 3.39. The van der Waals surface area contributed by atoms with Crippen LogP contribution in [0.25, 0.3) is 11.3 Å². The van der Waals surface area contributed by atoms with Gasteiger partial charge in [0.15, 0.2) is 0 Å². The molecule has 3 aromatic rings. The van der Waals surface area contributed by atoms with Gasteiger partial charge in [0.05, 0.1) is 18.3 Å². The molecule has 4 atom stereocenters. The zero-order chi connectivity index (χ0) is 21.5. The number of anilines is 1. The molecule has 0 amide bonds. The molecule has 5 rings (SSSR count). The first-order chi connectivity index (χ1) is 15.0. The van der Waals surface area contributed by atoms with Gasteiger partial charge in [0.2, 0.25) is 0 Å². The van der Waals surface area contributed by atoms with Crippen molar-refractivity contribution in [3.05, 3.63) is 54.1 Å². The molecule has 162 valence electrons. The number of halogens is 2. The van der Waals surface area contributed by atoms with Crippen LogP contribution < -0.4 is 4.90 Å². The molecule has 7 nitrogen and oxygen atoms in total. The van der Waals surface area contributed by atoms with Crippen LogP contribution in [0.15, 0.2) is 36.8 Å². The molecule has 2 aromatic heterocycles. The van der Waals surface area contributed by atoms with Gasteiger partial charge in [-0.3, -0.25) is 0 Å². The number of hydrogen-bond donors (Lipinski definition) is 0. The molecule has 1 aromatic carbocycles. The van der Waals surface area contributed by atoms with E-state index in [1.165, 1.54) is 12.1 Å². The molecule has 0 bridgehead atoms. The Morgan fingerprint density at radius 2 is 1.87 bits per heavy atom. The van der Waals surface area contributed by atoms with Crippen molar-refractivity contribution in [3.63, 3.8) is 0 Å². The van der Waals surface area contributed by atoms with E-state index < -0.39 is 11.6 Å². The summed E-state index contributed by atoms with van der Waals surface area (Å²) in [5.74, 6) is 0.680. The number of methoxy groups -OCH3 is 1. The summed E-state index contributed by atoms with van der Waals surface area (Å²) in [6.07, 6.45) is 5.12. The van der Waals surface area contributed by atoms with Gasteiger partial charge in [-0.2, -0.15) is 0 Å². The maximum Gasteiger partial charge on any atom is 0.135 e. The Kier molecular flexibility index (Phi) is 5.13. The molecule has 1 aliphatic heterocycles. The molecular weight excluding hydrogens is 402 g/mol. The Morgan fingerprint density at radius 3 is 2.61 bits per heavy atom. The minimum atomic E-state index is -0.648. The van der Waals surface area contributed by atoms with Crippen molar-refractivity contribution in [1.82, 2.24) is 25.0 Å². The maximum atomic E-state index is 14.2. The predicted octanol–water partition coefficient (Wildman–Crippen LogP) is 3.42. The minimum absolute atomic E-state index is 0.00287. The van der Waals surface area contributed by atoms with Crippen molar-refractivity contribution >= 4 is 5.82 Å². The van der Waals surface area contributed by atoms with Gasteiger partial charge in [-0.05, 0) is 43.7 Å². The minimum Gasteiger partial charge on any atom is -0.379 e. The molecule has 3 heterocycles. The van der Waals surface area contributed by atoms with Gasteiger partial charge < -0.3 is 9.64 Å². The Balaban J connectivity index is 1.37. The van der Waals surface area contributed by atoms with Gasteiger partial charge in [-0.1, -0.05) is 5.21 Å². The summed E-state index contributed by atoms with van der Waals surface area (Å²) in [7, 11) is 1.72. The lowest BCUT2D eigenvalue weighted by molar-refractivity contribution is -0.00541. The molecule has 1 saturated heterocycles. The van der Waals surface area contributed by atoms with Gasteiger partial charge in [-0.15, -0.1) is 5.10 Å². The molecule has 1 aliphatic carbocycles. The largest absolute Gasteiger partial charge is 0.379 e. The van der Waals surface area contributed by atoms with E-state index in [0.29, 0.717) is 17.5 Å². The molecule has 2 aliphatic rings. The second-order valence-corrected chi connectivity index (χ2v) is 8.46. The van der Waals surface area contributed by atoms with Crippen LogP contribution in [0.1, 0.15) is 24.6 Å². The van der Waals surface area contributed by atoms with Gasteiger partial charge in [0.1, 0.15) is 29.5 Å². The topological polar surface area (TPSA) is 69.0 Å². The average molecular weight is 426 g/mol. The maximum absolute atomic E-state index is 14.2. The molecular formula is C22H24F2N6O. The smallest absolute Gasteiger partial charge is 0.135 e. The van der Waals surface area contributed by atoms with E-state index in [9.17, 15) is 8.78 Å². The third-order valence-electron chi connectivity index (χ3n) is 6.56. The van der Waals surface area contributed by atoms with Crippen molar-refractivity contribution in [3.8, 4) is 11.3 Å². The number of aryl methyl sites for hydroxylation is 1. The Labute approximate surface area is 179 Å². The highest BCUT2D eigenvalue weighted by Crippen LogP contribution is 2.43. The first-order valence-corrected chi connectivity index (χ1v) is 10.5. The van der Waals surface area contributed by atoms with E-state index in [1.54, 1.807) is 24.3 Å². The van der Waals surface area contributed by atoms with Crippen LogP contribution >= 0.6 is 0 Å². The van der Waals surface area contributed by atoms with Crippen molar-refractivity contribution in [1.29, 1.82) is 0 Å². The Hall–Kier alpha value is -2.94. The quantitative estimate of drug-likeness (QED) is 0.637. The fourth-order valence-electron chi connectivity index (χ4n) is 4.98. The van der Waals surface area contributed by atoms with Crippen LogP contribution in [0.5, 0.6) is 0 Å². The van der Waals surface area contributed by atoms with E-state index in [1.807, 2.05) is 13.0 Å². The van der Waals surface area contributed by atoms with Gasteiger partial charge in [0.25, 0.3) is 0 Å². The van der Waals surface area contributed by atoms with Gasteiger partial charge in [0, 0.05) is 43.6 Å². The Morgan fingerprint density at radius 1 is 1.06 bits per heavy atom. The molecule has 0 spiro atoms. The van der Waals surface area contributed by atoms with Crippen molar-refractivity contribution in [2.45, 2.75) is 31.9 Å². The third-order valence-corrected chi connectivity index (χ3v) is 6.56. The lowest BCUT2D eigenvalue weighted by atomic mass is 9.77. The molecule has 0 unspecified atom stereocenters. The van der Waals surface area contributed by atoms with Crippen molar-refractivity contribution < 1.29 is 13.5 Å². The van der Waals surface area contributed by atoms with Gasteiger partial charge >= 0.3 is 0 Å². The number of rotatable bonds is 4. The first kappa shape index (κ1) is 20.0. The highest BCUT2D eigenvalue weighted by atomic mass is 19.1. The third kappa shape index (κ3) is 3.78. The lowest BCUT2D eigenvalue weighted by Crippen LogP contribution is -2.37. The standard InChI is InChI=1S/C22H24F2N6O/c1-13-5-22(26-12-25-13)29-9-14-6-20(21(31-2)7-15(14)10-29)30-11-19(27-28-30)17-4-3-16(23)8-18(17)24/h3-5,8,11-12,14-15,20-21H,6-7,9-10H2,1-2H3/t14-,15+,20-,21-/m1/s1. The molecule has 0 N–H and O–H groups in total. The van der Waals surface area contributed by atoms with Crippen LogP contribution in [0.2, 0.25) is 0 Å². The summed E-state index contributed by atoms with van der Waals surface area (Å²) in [4.78, 5) is 11.0. The molecule has 9 heteroatoms. The van der Waals surface area contributed by atoms with E-state index in [4.69, 9.17) is 4.74 Å². The molecule has 1 saturated carbocycles. The SMILES string of the molecule is CO[C@@H]1C[C@H]2CN(c3cc(C)ncn3)C[C@H]2C[C@H]1n1cc(-c2ccc(F)cc2F)nn1. The van der Waals surface area contributed by atoms with Crippen LogP contribution in [0.4, 0.5) is 14.6 Å². The summed E-state index contributed by atoms with van der Waals surface area (Å²) in [5.41, 5.74) is 1.58. The van der Waals surface area contributed by atoms with Crippen molar-refractivity contribution in [2.75, 3.05) is 25.1 Å². The van der Waals surface area contributed by atoms with E-state index in [-0.39, 0.29) is 17.7 Å². The molecule has 0 radical (unpaired) electrons. The number of ether oxygens (including phenoxy) is 1. The van der Waals surface area contributed by atoms with Crippen LogP contribution in [-0.4, -0.2) is 51.3 Å². The zero-order valence-corrected chi connectivity index (χ0v) is 17.4. The van der Waals surface area contributed by atoms with Crippen LogP contribution in [-0.2, 0) is 4.74 Å². The normalized spacial score (nSPS) is 25.6. The predicted molar refractivity (Wildman–Crippen MR) is 110 cm³/mol. The number of hydrogen-bond acceptors (Lipinski definition) is 6. The number of nitrogens with zero attached hydrogens (tertiary/aromatic N) is 6. The Bertz CT molecular complexity index is 1090. The van der Waals surface area contributed by atoms with Gasteiger partial charge in [-0.25, -0.2) is 23.4 Å². The molecule has 31 heavy (non-hydrogen) atoms. The fourth-order valence-corrected chi connectivity index (χ4v) is 4.98. The zero-order valence-electron chi connectivity index (χ0n) is 17.4. The summed E-state index contributed by atoms with van der Waals surface area (Å²) in [6, 6.07) is 5.50. The highest BCUT2D eigenvalue weighted by molar-refractivity contribution is 5.58. The van der Waals surface area contributed by atoms with E-state index in [2.05, 4.69) is 25.2 Å². The summed E-state index contributed by atoms with van der Waals surface area (Å²) in [6.45, 7) is 3.83. The summed E-state index contributed by atoms with van der Waals surface area (Å²) >= 11 is 0. The number of fused-ring (bicyclic) bond motifs is 1. The summed E-state index contributed by atoms with van der Waals surface area (Å²) in [5, 5.41) is 8.42.